The number of carboxylic acids is 1. The molecule has 0 rings (SSSR count). The summed E-state index contributed by atoms with van der Waals surface area (Å²) in [6.45, 7) is 4.08. The van der Waals surface area contributed by atoms with Gasteiger partial charge in [0.05, 0.1) is 12.6 Å². The zero-order valence-corrected chi connectivity index (χ0v) is 19.5. The van der Waals surface area contributed by atoms with Crippen molar-refractivity contribution in [3.05, 3.63) is 0 Å². The molecule has 0 saturated heterocycles. The monoisotopic (exact) mass is 472 g/mol. The van der Waals surface area contributed by atoms with Crippen molar-refractivity contribution in [1.29, 1.82) is 0 Å². The van der Waals surface area contributed by atoms with Gasteiger partial charge in [0, 0.05) is 6.54 Å². The number of hydrogen-bond acceptors (Lipinski definition) is 7. The standard InChI is InChI=1S/C20H40N8O5/c1-12(2)10-13(22)17(30)28-14(7-5-9-25-20(23)24)18(31)26-11-16(29)27-15(19(32)33)6-3-4-8-21/h12-15H,3-11,21-22H2,1-2H3,(H,26,31)(H,27,29)(H,28,30)(H,32,33)(H4,23,24,25). The van der Waals surface area contributed by atoms with Crippen LogP contribution in [0.1, 0.15) is 52.4 Å². The largest absolute Gasteiger partial charge is 0.480 e. The minimum Gasteiger partial charge on any atom is -0.480 e. The molecule has 0 radical (unpaired) electrons. The highest BCUT2D eigenvalue weighted by Crippen LogP contribution is 2.05. The predicted molar refractivity (Wildman–Crippen MR) is 125 cm³/mol. The second kappa shape index (κ2) is 16.7. The Morgan fingerprint density at radius 3 is 2.12 bits per heavy atom. The minimum absolute atomic E-state index is 0.0879. The fourth-order valence-electron chi connectivity index (χ4n) is 2.95. The summed E-state index contributed by atoms with van der Waals surface area (Å²) in [5, 5.41) is 16.6. The van der Waals surface area contributed by atoms with E-state index in [2.05, 4.69) is 20.9 Å². The van der Waals surface area contributed by atoms with E-state index in [0.717, 1.165) is 0 Å². The van der Waals surface area contributed by atoms with Gasteiger partial charge in [0.2, 0.25) is 17.7 Å². The number of aliphatic carboxylic acids is 1. The number of aliphatic imine (C=N–C) groups is 1. The first-order valence-corrected chi connectivity index (χ1v) is 11.1. The first-order valence-electron chi connectivity index (χ1n) is 11.1. The Kier molecular flexibility index (Phi) is 15.2. The highest BCUT2D eigenvalue weighted by atomic mass is 16.4. The van der Waals surface area contributed by atoms with Crippen molar-refractivity contribution in [3.8, 4) is 0 Å². The molecule has 0 spiro atoms. The third-order valence-electron chi connectivity index (χ3n) is 4.64. The topological polar surface area (TPSA) is 241 Å². The molecular weight excluding hydrogens is 432 g/mol. The Labute approximate surface area is 194 Å². The zero-order chi connectivity index (χ0) is 25.4. The molecule has 0 aliphatic rings. The van der Waals surface area contributed by atoms with Crippen LogP contribution in [0, 0.1) is 5.92 Å². The van der Waals surface area contributed by atoms with Gasteiger partial charge in [0.15, 0.2) is 5.96 Å². The number of amides is 3. The Morgan fingerprint density at radius 1 is 0.939 bits per heavy atom. The fourth-order valence-corrected chi connectivity index (χ4v) is 2.95. The Bertz CT molecular complexity index is 667. The Hall–Kier alpha value is -2.93. The molecule has 12 N–H and O–H groups in total. The van der Waals surface area contributed by atoms with Crippen molar-refractivity contribution >= 4 is 29.7 Å². The molecule has 190 valence electrons. The summed E-state index contributed by atoms with van der Waals surface area (Å²) in [5.74, 6) is -2.82. The first-order chi connectivity index (χ1) is 15.5. The molecule has 0 aromatic carbocycles. The van der Waals surface area contributed by atoms with Crippen molar-refractivity contribution in [3.63, 3.8) is 0 Å². The molecule has 0 bridgehead atoms. The summed E-state index contributed by atoms with van der Waals surface area (Å²) < 4.78 is 0. The van der Waals surface area contributed by atoms with Crippen LogP contribution in [0.4, 0.5) is 0 Å². The lowest BCUT2D eigenvalue weighted by Gasteiger charge is -2.21. The van der Waals surface area contributed by atoms with Gasteiger partial charge in [-0.05, 0) is 51.0 Å². The lowest BCUT2D eigenvalue weighted by Crippen LogP contribution is -2.53. The third kappa shape index (κ3) is 14.7. The van der Waals surface area contributed by atoms with Crippen LogP contribution in [0.3, 0.4) is 0 Å². The van der Waals surface area contributed by atoms with E-state index in [9.17, 15) is 24.3 Å². The number of hydrogen-bond donors (Lipinski definition) is 8. The summed E-state index contributed by atoms with van der Waals surface area (Å²) in [4.78, 5) is 52.3. The van der Waals surface area contributed by atoms with Crippen LogP contribution in [0.15, 0.2) is 4.99 Å². The van der Waals surface area contributed by atoms with E-state index < -0.39 is 48.4 Å². The first kappa shape index (κ1) is 30.1. The summed E-state index contributed by atoms with van der Waals surface area (Å²) in [7, 11) is 0. The molecule has 33 heavy (non-hydrogen) atoms. The van der Waals surface area contributed by atoms with Crippen LogP contribution in [0.5, 0.6) is 0 Å². The third-order valence-corrected chi connectivity index (χ3v) is 4.64. The Morgan fingerprint density at radius 2 is 1.58 bits per heavy atom. The average Bonchev–Trinajstić information content (AvgIpc) is 2.72. The molecule has 3 amide bonds. The molecule has 0 aliphatic heterocycles. The van der Waals surface area contributed by atoms with Gasteiger partial charge in [-0.15, -0.1) is 0 Å². The molecule has 0 aliphatic carbocycles. The average molecular weight is 473 g/mol. The van der Waals surface area contributed by atoms with Crippen LogP contribution >= 0.6 is 0 Å². The summed E-state index contributed by atoms with van der Waals surface area (Å²) in [6, 6.07) is -2.83. The molecule has 13 nitrogen and oxygen atoms in total. The predicted octanol–water partition coefficient (Wildman–Crippen LogP) is -2.29. The number of rotatable bonds is 17. The van der Waals surface area contributed by atoms with E-state index in [1.165, 1.54) is 0 Å². The van der Waals surface area contributed by atoms with E-state index in [0.29, 0.717) is 32.2 Å². The van der Waals surface area contributed by atoms with Gasteiger partial charge in [0.1, 0.15) is 12.1 Å². The second-order valence-electron chi connectivity index (χ2n) is 8.21. The smallest absolute Gasteiger partial charge is 0.326 e. The van der Waals surface area contributed by atoms with Crippen LogP contribution in [-0.4, -0.2) is 72.5 Å². The summed E-state index contributed by atoms with van der Waals surface area (Å²) >= 11 is 0. The number of nitrogens with one attached hydrogen (secondary N) is 3. The van der Waals surface area contributed by atoms with Gasteiger partial charge < -0.3 is 44.0 Å². The molecule has 0 fully saturated rings. The normalized spacial score (nSPS) is 13.5. The number of carbonyl (C=O) groups excluding carboxylic acids is 3. The maximum Gasteiger partial charge on any atom is 0.326 e. The maximum atomic E-state index is 12.6. The minimum atomic E-state index is -1.17. The zero-order valence-electron chi connectivity index (χ0n) is 19.5. The van der Waals surface area contributed by atoms with Crippen molar-refractivity contribution < 1.29 is 24.3 Å². The number of unbranched alkanes of at least 4 members (excludes halogenated alkanes) is 1. The van der Waals surface area contributed by atoms with E-state index in [-0.39, 0.29) is 31.3 Å². The van der Waals surface area contributed by atoms with Crippen LogP contribution in [-0.2, 0) is 19.2 Å². The highest BCUT2D eigenvalue weighted by Gasteiger charge is 2.25. The van der Waals surface area contributed by atoms with E-state index >= 15 is 0 Å². The molecule has 0 aromatic rings. The number of carbonyl (C=O) groups is 4. The SMILES string of the molecule is CC(C)CC(N)C(=O)NC(CCCN=C(N)N)C(=O)NCC(=O)NC(CCCCN)C(=O)O. The van der Waals surface area contributed by atoms with Crippen LogP contribution < -0.4 is 38.9 Å². The second-order valence-corrected chi connectivity index (χ2v) is 8.21. The Balaban J connectivity index is 4.93. The van der Waals surface area contributed by atoms with Crippen molar-refractivity contribution in [2.24, 2.45) is 33.8 Å². The van der Waals surface area contributed by atoms with Gasteiger partial charge in [0.25, 0.3) is 0 Å². The maximum absolute atomic E-state index is 12.6. The summed E-state index contributed by atoms with van der Waals surface area (Å²) in [5.41, 5.74) is 21.9. The molecule has 0 saturated carbocycles. The van der Waals surface area contributed by atoms with Gasteiger partial charge in [-0.1, -0.05) is 13.8 Å². The van der Waals surface area contributed by atoms with E-state index in [4.69, 9.17) is 22.9 Å². The van der Waals surface area contributed by atoms with E-state index in [1.807, 2.05) is 13.8 Å². The lowest BCUT2D eigenvalue weighted by molar-refractivity contribution is -0.142. The molecule has 3 atom stereocenters. The van der Waals surface area contributed by atoms with Crippen LogP contribution in [0.25, 0.3) is 0 Å². The van der Waals surface area contributed by atoms with Crippen molar-refractivity contribution in [1.82, 2.24) is 16.0 Å². The quantitative estimate of drug-likeness (QED) is 0.0644. The molecule has 13 heteroatoms. The number of nitrogens with two attached hydrogens (primary N) is 4. The highest BCUT2D eigenvalue weighted by molar-refractivity contribution is 5.92. The van der Waals surface area contributed by atoms with Crippen molar-refractivity contribution in [2.45, 2.75) is 70.5 Å². The molecular formula is C20H40N8O5. The van der Waals surface area contributed by atoms with E-state index in [1.54, 1.807) is 0 Å². The summed E-state index contributed by atoms with van der Waals surface area (Å²) in [6.07, 6.45) is 2.45. The van der Waals surface area contributed by atoms with Crippen LogP contribution in [0.2, 0.25) is 0 Å². The molecule has 0 heterocycles. The fraction of sp³-hybridized carbons (Fsp3) is 0.750. The lowest BCUT2D eigenvalue weighted by atomic mass is 10.0. The van der Waals surface area contributed by atoms with Crippen molar-refractivity contribution in [2.75, 3.05) is 19.6 Å². The number of guanidine groups is 1. The molecule has 0 aromatic heterocycles. The van der Waals surface area contributed by atoms with Gasteiger partial charge >= 0.3 is 5.97 Å². The number of nitrogens with zero attached hydrogens (tertiary/aromatic N) is 1. The molecule has 3 unspecified atom stereocenters. The van der Waals surface area contributed by atoms with Gasteiger partial charge in [-0.2, -0.15) is 0 Å². The number of carboxylic acid groups (broad SMARTS) is 1. The van der Waals surface area contributed by atoms with Gasteiger partial charge in [-0.3, -0.25) is 19.4 Å². The van der Waals surface area contributed by atoms with Gasteiger partial charge in [-0.25, -0.2) is 4.79 Å².